The Morgan fingerprint density at radius 3 is 3.00 bits per heavy atom. The van der Waals surface area contributed by atoms with E-state index in [1.165, 1.54) is 0 Å². The van der Waals surface area contributed by atoms with Gasteiger partial charge in [-0.3, -0.25) is 4.79 Å². The Hall–Kier alpha value is -1.65. The minimum Gasteiger partial charge on any atom is -0.384 e. The number of Topliss-reactive ketones (excluding diaryl/α,β-unsaturated/α-hetero) is 1. The van der Waals surface area contributed by atoms with E-state index < -0.39 is 6.10 Å². The second-order valence-electron chi connectivity index (χ2n) is 3.69. The molecule has 0 bridgehead atoms. The molecule has 4 nitrogen and oxygen atoms in total. The Labute approximate surface area is 93.3 Å². The number of carbonyl (C=O) groups is 1. The molecule has 1 heterocycles. The lowest BCUT2D eigenvalue weighted by atomic mass is 10.1. The highest BCUT2D eigenvalue weighted by molar-refractivity contribution is 6.09. The molecule has 0 saturated heterocycles. The van der Waals surface area contributed by atoms with Gasteiger partial charge in [-0.25, -0.2) is 0 Å². The predicted octanol–water partition coefficient (Wildman–Crippen LogP) is 0.931. The molecule has 0 radical (unpaired) electrons. The number of nitrogens with one attached hydrogen (secondary N) is 2. The number of aromatic nitrogens is 1. The first-order chi connectivity index (χ1) is 7.74. The summed E-state index contributed by atoms with van der Waals surface area (Å²) in [6, 6.07) is 7.54. The minimum absolute atomic E-state index is 0.258. The van der Waals surface area contributed by atoms with Gasteiger partial charge in [0.2, 0.25) is 0 Å². The summed E-state index contributed by atoms with van der Waals surface area (Å²) in [6.07, 6.45) is 0.649. The van der Waals surface area contributed by atoms with Crippen LogP contribution in [-0.2, 0) is 0 Å². The third kappa shape index (κ3) is 1.85. The molecule has 0 aliphatic heterocycles. The maximum atomic E-state index is 11.9. The van der Waals surface area contributed by atoms with E-state index in [4.69, 9.17) is 0 Å². The van der Waals surface area contributed by atoms with Crippen molar-refractivity contribution in [3.05, 3.63) is 36.0 Å². The van der Waals surface area contributed by atoms with Gasteiger partial charge < -0.3 is 15.4 Å². The van der Waals surface area contributed by atoms with Crippen molar-refractivity contribution >= 4 is 16.7 Å². The van der Waals surface area contributed by atoms with Crippen molar-refractivity contribution in [1.29, 1.82) is 0 Å². The Morgan fingerprint density at radius 1 is 1.50 bits per heavy atom. The van der Waals surface area contributed by atoms with E-state index in [-0.39, 0.29) is 12.3 Å². The van der Waals surface area contributed by atoms with Crippen LogP contribution in [0.3, 0.4) is 0 Å². The maximum Gasteiger partial charge on any atom is 0.194 e. The number of ketones is 1. The topological polar surface area (TPSA) is 65.1 Å². The van der Waals surface area contributed by atoms with Gasteiger partial charge in [-0.1, -0.05) is 18.2 Å². The van der Waals surface area contributed by atoms with E-state index in [1.807, 2.05) is 24.3 Å². The second kappa shape index (κ2) is 4.47. The lowest BCUT2D eigenvalue weighted by Gasteiger charge is -2.07. The van der Waals surface area contributed by atoms with E-state index in [0.717, 1.165) is 10.9 Å². The quantitative estimate of drug-likeness (QED) is 0.669. The van der Waals surface area contributed by atoms with E-state index in [0.29, 0.717) is 5.56 Å². The summed E-state index contributed by atoms with van der Waals surface area (Å²) in [6.45, 7) is 0.262. The Morgan fingerprint density at radius 2 is 2.25 bits per heavy atom. The van der Waals surface area contributed by atoms with Crippen molar-refractivity contribution in [3.63, 3.8) is 0 Å². The number of hydrogen-bond acceptors (Lipinski definition) is 3. The minimum atomic E-state index is -0.996. The molecule has 1 aromatic carbocycles. The molecule has 1 unspecified atom stereocenters. The van der Waals surface area contributed by atoms with Crippen LogP contribution in [0.15, 0.2) is 30.5 Å². The Kier molecular flexibility index (Phi) is 3.03. The molecule has 16 heavy (non-hydrogen) atoms. The molecular formula is C12H14N2O2. The molecule has 0 saturated carbocycles. The van der Waals surface area contributed by atoms with Crippen molar-refractivity contribution in [2.75, 3.05) is 13.6 Å². The molecule has 84 valence electrons. The zero-order chi connectivity index (χ0) is 11.5. The fraction of sp³-hybridized carbons (Fsp3) is 0.250. The average Bonchev–Trinajstić information content (AvgIpc) is 2.72. The molecule has 4 heteroatoms. The van der Waals surface area contributed by atoms with Gasteiger partial charge in [0.05, 0.1) is 0 Å². The number of benzene rings is 1. The highest BCUT2D eigenvalue weighted by atomic mass is 16.3. The van der Waals surface area contributed by atoms with E-state index in [9.17, 15) is 9.90 Å². The molecule has 0 amide bonds. The summed E-state index contributed by atoms with van der Waals surface area (Å²) >= 11 is 0. The molecule has 0 spiro atoms. The van der Waals surface area contributed by atoms with Crippen LogP contribution in [0.2, 0.25) is 0 Å². The first-order valence-electron chi connectivity index (χ1n) is 5.17. The van der Waals surface area contributed by atoms with Crippen LogP contribution in [0.25, 0.3) is 10.9 Å². The van der Waals surface area contributed by atoms with Gasteiger partial charge >= 0.3 is 0 Å². The van der Waals surface area contributed by atoms with E-state index in [1.54, 1.807) is 13.2 Å². The van der Waals surface area contributed by atoms with E-state index >= 15 is 0 Å². The molecule has 1 atom stereocenters. The van der Waals surface area contributed by atoms with Crippen LogP contribution in [0.1, 0.15) is 10.4 Å². The van der Waals surface area contributed by atoms with Crippen LogP contribution in [0.5, 0.6) is 0 Å². The summed E-state index contributed by atoms with van der Waals surface area (Å²) in [4.78, 5) is 14.9. The summed E-state index contributed by atoms with van der Waals surface area (Å²) in [5.41, 5.74) is 1.45. The summed E-state index contributed by atoms with van der Waals surface area (Å²) in [7, 11) is 1.70. The SMILES string of the molecule is CNCC(O)C(=O)c1c[nH]c2ccccc12. The van der Waals surface area contributed by atoms with Gasteiger partial charge in [0.1, 0.15) is 6.10 Å². The van der Waals surface area contributed by atoms with Gasteiger partial charge in [-0.05, 0) is 13.1 Å². The highest BCUT2D eigenvalue weighted by Gasteiger charge is 2.19. The Bertz CT molecular complexity index is 504. The molecular weight excluding hydrogens is 204 g/mol. The zero-order valence-electron chi connectivity index (χ0n) is 9.03. The Balaban J connectivity index is 2.36. The van der Waals surface area contributed by atoms with Crippen LogP contribution < -0.4 is 5.32 Å². The average molecular weight is 218 g/mol. The fourth-order valence-electron chi connectivity index (χ4n) is 1.74. The van der Waals surface area contributed by atoms with Crippen LogP contribution in [0.4, 0.5) is 0 Å². The maximum absolute atomic E-state index is 11.9. The normalized spacial score (nSPS) is 12.9. The first-order valence-corrected chi connectivity index (χ1v) is 5.17. The smallest absolute Gasteiger partial charge is 0.194 e. The zero-order valence-corrected chi connectivity index (χ0v) is 9.03. The lowest BCUT2D eigenvalue weighted by Crippen LogP contribution is -2.31. The number of rotatable bonds is 4. The number of H-pyrrole nitrogens is 1. The molecule has 0 aliphatic carbocycles. The lowest BCUT2D eigenvalue weighted by molar-refractivity contribution is 0.0752. The third-order valence-electron chi connectivity index (χ3n) is 2.55. The third-order valence-corrected chi connectivity index (χ3v) is 2.55. The number of aliphatic hydroxyl groups excluding tert-OH is 1. The van der Waals surface area contributed by atoms with Crippen molar-refractivity contribution in [2.24, 2.45) is 0 Å². The monoisotopic (exact) mass is 218 g/mol. The molecule has 2 rings (SSSR count). The standard InChI is InChI=1S/C12H14N2O2/c1-13-7-11(15)12(16)9-6-14-10-5-3-2-4-8(9)10/h2-6,11,13-15H,7H2,1H3. The molecule has 3 N–H and O–H groups in total. The van der Waals surface area contributed by atoms with Crippen molar-refractivity contribution in [1.82, 2.24) is 10.3 Å². The largest absolute Gasteiger partial charge is 0.384 e. The second-order valence-corrected chi connectivity index (χ2v) is 3.69. The van der Waals surface area contributed by atoms with Crippen LogP contribution in [-0.4, -0.2) is 35.6 Å². The van der Waals surface area contributed by atoms with Gasteiger partial charge in [0.15, 0.2) is 5.78 Å². The van der Waals surface area contributed by atoms with Crippen molar-refractivity contribution < 1.29 is 9.90 Å². The molecule has 0 aliphatic rings. The molecule has 2 aromatic rings. The van der Waals surface area contributed by atoms with Gasteiger partial charge in [-0.15, -0.1) is 0 Å². The number of para-hydroxylation sites is 1. The number of hydrogen-bond donors (Lipinski definition) is 3. The van der Waals surface area contributed by atoms with Gasteiger partial charge in [0.25, 0.3) is 0 Å². The number of aromatic amines is 1. The fourth-order valence-corrected chi connectivity index (χ4v) is 1.74. The number of likely N-dealkylation sites (N-methyl/N-ethyl adjacent to an activating group) is 1. The predicted molar refractivity (Wildman–Crippen MR) is 62.6 cm³/mol. The summed E-state index contributed by atoms with van der Waals surface area (Å²) in [5.74, 6) is -0.258. The number of carbonyl (C=O) groups excluding carboxylic acids is 1. The van der Waals surface area contributed by atoms with Gasteiger partial charge in [-0.2, -0.15) is 0 Å². The summed E-state index contributed by atoms with van der Waals surface area (Å²) < 4.78 is 0. The van der Waals surface area contributed by atoms with Crippen molar-refractivity contribution in [2.45, 2.75) is 6.10 Å². The first kappa shape index (κ1) is 10.9. The van der Waals surface area contributed by atoms with Crippen LogP contribution >= 0.6 is 0 Å². The van der Waals surface area contributed by atoms with Crippen LogP contribution in [0, 0.1) is 0 Å². The van der Waals surface area contributed by atoms with Gasteiger partial charge in [0, 0.05) is 29.2 Å². The highest BCUT2D eigenvalue weighted by Crippen LogP contribution is 2.18. The number of aliphatic hydroxyl groups is 1. The van der Waals surface area contributed by atoms with E-state index in [2.05, 4.69) is 10.3 Å². The number of fused-ring (bicyclic) bond motifs is 1. The summed E-state index contributed by atoms with van der Waals surface area (Å²) in [5, 5.41) is 13.3. The molecule has 1 aromatic heterocycles. The van der Waals surface area contributed by atoms with Crippen molar-refractivity contribution in [3.8, 4) is 0 Å². The molecule has 0 fully saturated rings.